The van der Waals surface area contributed by atoms with Crippen molar-refractivity contribution in [2.75, 3.05) is 37.2 Å². The minimum atomic E-state index is -3.68. The van der Waals surface area contributed by atoms with Gasteiger partial charge in [-0.05, 0) is 55.0 Å². The van der Waals surface area contributed by atoms with E-state index in [9.17, 15) is 13.5 Å². The summed E-state index contributed by atoms with van der Waals surface area (Å²) in [7, 11) is -3.68. The zero-order valence-corrected chi connectivity index (χ0v) is 18.7. The molecule has 7 heteroatoms. The second-order valence-corrected chi connectivity index (χ2v) is 10.9. The normalized spacial score (nSPS) is 26.8. The van der Waals surface area contributed by atoms with Crippen molar-refractivity contribution in [1.29, 1.82) is 0 Å². The Hall–Kier alpha value is -1.93. The number of ether oxygens (including phenoxy) is 1. The Kier molecular flexibility index (Phi) is 5.54. The predicted octanol–water partition coefficient (Wildman–Crippen LogP) is 2.76. The summed E-state index contributed by atoms with van der Waals surface area (Å²) in [4.78, 5) is 2.67. The number of para-hydroxylation sites is 1. The van der Waals surface area contributed by atoms with E-state index in [1.54, 1.807) is 22.5 Å². The molecule has 0 saturated carbocycles. The summed E-state index contributed by atoms with van der Waals surface area (Å²) in [6.45, 7) is 4.87. The minimum Gasteiger partial charge on any atom is -0.395 e. The molecular formula is C24H30N2O4S. The molecule has 6 nitrogen and oxygen atoms in total. The smallest absolute Gasteiger partial charge is 0.264 e. The fourth-order valence-electron chi connectivity index (χ4n) is 5.56. The maximum absolute atomic E-state index is 13.7. The highest BCUT2D eigenvalue weighted by molar-refractivity contribution is 7.92. The molecule has 0 spiro atoms. The third-order valence-electron chi connectivity index (χ3n) is 7.17. The quantitative estimate of drug-likeness (QED) is 0.771. The molecule has 2 fully saturated rings. The molecule has 0 radical (unpaired) electrons. The lowest BCUT2D eigenvalue weighted by molar-refractivity contribution is -0.0616. The highest BCUT2D eigenvalue weighted by Crippen LogP contribution is 2.49. The SMILES string of the molecule is Cc1cccc(S(=O)(=O)N2C[C@@H]3[C@H](c4ccccc42)[C@@H](CO)N3CC2CCOCC2)c1. The van der Waals surface area contributed by atoms with Gasteiger partial charge in [0, 0.05) is 37.8 Å². The number of nitrogens with zero attached hydrogens (tertiary/aromatic N) is 2. The Bertz CT molecular complexity index is 1050. The zero-order valence-electron chi connectivity index (χ0n) is 17.9. The molecule has 2 saturated heterocycles. The highest BCUT2D eigenvalue weighted by Gasteiger charge is 2.54. The molecule has 0 unspecified atom stereocenters. The average Bonchev–Trinajstić information content (AvgIpc) is 2.78. The molecule has 3 aliphatic heterocycles. The Labute approximate surface area is 184 Å². The second kappa shape index (κ2) is 8.20. The molecule has 5 rings (SSSR count). The van der Waals surface area contributed by atoms with Gasteiger partial charge >= 0.3 is 0 Å². The fourth-order valence-corrected chi connectivity index (χ4v) is 7.17. The molecule has 166 valence electrons. The minimum absolute atomic E-state index is 0.0396. The van der Waals surface area contributed by atoms with Gasteiger partial charge in [0.15, 0.2) is 0 Å². The second-order valence-electron chi connectivity index (χ2n) is 9.01. The zero-order chi connectivity index (χ0) is 21.6. The Morgan fingerprint density at radius 1 is 1.10 bits per heavy atom. The van der Waals surface area contributed by atoms with Crippen LogP contribution in [0, 0.1) is 12.8 Å². The van der Waals surface area contributed by atoms with Crippen LogP contribution in [0.25, 0.3) is 0 Å². The number of anilines is 1. The maximum Gasteiger partial charge on any atom is 0.264 e. The summed E-state index contributed by atoms with van der Waals surface area (Å²) in [5.74, 6) is 0.688. The first-order valence-electron chi connectivity index (χ1n) is 11.1. The lowest BCUT2D eigenvalue weighted by atomic mass is 9.72. The highest BCUT2D eigenvalue weighted by atomic mass is 32.2. The summed E-state index contributed by atoms with van der Waals surface area (Å²) >= 11 is 0. The van der Waals surface area contributed by atoms with Gasteiger partial charge in [-0.1, -0.05) is 30.3 Å². The molecule has 3 atom stereocenters. The van der Waals surface area contributed by atoms with Gasteiger partial charge in [0.1, 0.15) is 0 Å². The molecule has 0 amide bonds. The third kappa shape index (κ3) is 3.57. The van der Waals surface area contributed by atoms with Gasteiger partial charge in [-0.2, -0.15) is 0 Å². The van der Waals surface area contributed by atoms with E-state index in [0.29, 0.717) is 17.4 Å². The van der Waals surface area contributed by atoms with E-state index >= 15 is 0 Å². The average molecular weight is 443 g/mol. The van der Waals surface area contributed by atoms with Gasteiger partial charge in [-0.15, -0.1) is 0 Å². The molecular weight excluding hydrogens is 412 g/mol. The van der Waals surface area contributed by atoms with E-state index in [1.807, 2.05) is 37.3 Å². The van der Waals surface area contributed by atoms with Gasteiger partial charge in [0.2, 0.25) is 0 Å². The number of aliphatic hydroxyl groups excluding tert-OH is 1. The maximum atomic E-state index is 13.7. The Morgan fingerprint density at radius 2 is 1.87 bits per heavy atom. The van der Waals surface area contributed by atoms with Crippen molar-refractivity contribution < 1.29 is 18.3 Å². The van der Waals surface area contributed by atoms with Gasteiger partial charge < -0.3 is 9.84 Å². The summed E-state index contributed by atoms with van der Waals surface area (Å²) in [5.41, 5.74) is 2.70. The number of aliphatic hydroxyl groups is 1. The molecule has 2 aromatic carbocycles. The number of fused-ring (bicyclic) bond motifs is 3. The number of benzene rings is 2. The summed E-state index contributed by atoms with van der Waals surface area (Å²) in [6.07, 6.45) is 2.04. The Balaban J connectivity index is 1.50. The van der Waals surface area contributed by atoms with Crippen molar-refractivity contribution in [3.63, 3.8) is 0 Å². The summed E-state index contributed by atoms with van der Waals surface area (Å²) < 4.78 is 34.4. The van der Waals surface area contributed by atoms with Crippen LogP contribution in [0.5, 0.6) is 0 Å². The van der Waals surface area contributed by atoms with Crippen LogP contribution in [0.1, 0.15) is 29.9 Å². The van der Waals surface area contributed by atoms with Crippen LogP contribution in [0.2, 0.25) is 0 Å². The van der Waals surface area contributed by atoms with E-state index < -0.39 is 10.0 Å². The molecule has 0 aliphatic carbocycles. The third-order valence-corrected chi connectivity index (χ3v) is 8.95. The predicted molar refractivity (Wildman–Crippen MR) is 120 cm³/mol. The molecule has 0 bridgehead atoms. The molecule has 3 aliphatic rings. The van der Waals surface area contributed by atoms with Crippen LogP contribution in [-0.2, 0) is 14.8 Å². The summed E-state index contributed by atoms with van der Waals surface area (Å²) in [6, 6.07) is 15.0. The van der Waals surface area contributed by atoms with Gasteiger partial charge in [0.05, 0.1) is 23.7 Å². The number of hydrogen-bond acceptors (Lipinski definition) is 5. The van der Waals surface area contributed by atoms with Crippen molar-refractivity contribution >= 4 is 15.7 Å². The van der Waals surface area contributed by atoms with Crippen molar-refractivity contribution in [3.05, 3.63) is 59.7 Å². The van der Waals surface area contributed by atoms with E-state index in [2.05, 4.69) is 4.90 Å². The van der Waals surface area contributed by atoms with Crippen LogP contribution < -0.4 is 4.31 Å². The van der Waals surface area contributed by atoms with E-state index in [4.69, 9.17) is 4.74 Å². The van der Waals surface area contributed by atoms with Gasteiger partial charge in [0.25, 0.3) is 10.0 Å². The number of likely N-dealkylation sites (tertiary alicyclic amines) is 1. The lowest BCUT2D eigenvalue weighted by Gasteiger charge is -2.59. The molecule has 3 heterocycles. The number of rotatable bonds is 5. The monoisotopic (exact) mass is 442 g/mol. The summed E-state index contributed by atoms with van der Waals surface area (Å²) in [5, 5.41) is 10.2. The van der Waals surface area contributed by atoms with Crippen LogP contribution in [0.3, 0.4) is 0 Å². The number of hydrogen-bond donors (Lipinski definition) is 1. The van der Waals surface area contributed by atoms with Gasteiger partial charge in [-0.3, -0.25) is 9.21 Å². The van der Waals surface area contributed by atoms with Crippen LogP contribution in [0.15, 0.2) is 53.4 Å². The molecule has 2 aromatic rings. The van der Waals surface area contributed by atoms with Crippen LogP contribution >= 0.6 is 0 Å². The first-order chi connectivity index (χ1) is 15.0. The van der Waals surface area contributed by atoms with E-state index in [0.717, 1.165) is 49.4 Å². The number of sulfonamides is 1. The fraction of sp³-hybridized carbons (Fsp3) is 0.500. The van der Waals surface area contributed by atoms with Crippen molar-refractivity contribution in [1.82, 2.24) is 4.90 Å². The molecule has 31 heavy (non-hydrogen) atoms. The topological polar surface area (TPSA) is 70.1 Å². The molecule has 0 aromatic heterocycles. The van der Waals surface area contributed by atoms with E-state index in [-0.39, 0.29) is 24.6 Å². The standard InChI is InChI=1S/C24H30N2O4S/c1-17-5-4-6-19(13-17)31(28,29)26-15-22-24(20-7-2-3-8-21(20)26)23(16-27)25(22)14-18-9-11-30-12-10-18/h2-8,13,18,22-24,27H,9-12,14-16H2,1H3/t22-,23-,24+/m1/s1. The van der Waals surface area contributed by atoms with Gasteiger partial charge in [-0.25, -0.2) is 8.42 Å². The first kappa shape index (κ1) is 20.9. The Morgan fingerprint density at radius 3 is 2.61 bits per heavy atom. The largest absolute Gasteiger partial charge is 0.395 e. The van der Waals surface area contributed by atoms with E-state index in [1.165, 1.54) is 0 Å². The lowest BCUT2D eigenvalue weighted by Crippen LogP contribution is -2.69. The van der Waals surface area contributed by atoms with Crippen molar-refractivity contribution in [3.8, 4) is 0 Å². The number of aryl methyl sites for hydroxylation is 1. The molecule has 1 N–H and O–H groups in total. The van der Waals surface area contributed by atoms with Crippen LogP contribution in [0.4, 0.5) is 5.69 Å². The van der Waals surface area contributed by atoms with Crippen LogP contribution in [-0.4, -0.2) is 63.4 Å². The van der Waals surface area contributed by atoms with Crippen molar-refractivity contribution in [2.45, 2.75) is 42.7 Å². The van der Waals surface area contributed by atoms with Crippen molar-refractivity contribution in [2.24, 2.45) is 5.92 Å². The first-order valence-corrected chi connectivity index (χ1v) is 12.6.